The Bertz CT molecular complexity index is 378. The number of carbonyl (C=O) groups is 1. The summed E-state index contributed by atoms with van der Waals surface area (Å²) in [6.07, 6.45) is 3.96. The van der Waals surface area contributed by atoms with Gasteiger partial charge in [0, 0.05) is 18.3 Å². The number of carbonyl (C=O) groups excluding carboxylic acids is 1. The topological polar surface area (TPSA) is 79.2 Å². The fourth-order valence-corrected chi connectivity index (χ4v) is 1.34. The minimum Gasteiger partial charge on any atom is -0.369 e. The quantitative estimate of drug-likeness (QED) is 0.309. The van der Waals surface area contributed by atoms with Gasteiger partial charge in [-0.3, -0.25) is 4.79 Å². The van der Waals surface area contributed by atoms with Crippen molar-refractivity contribution in [1.82, 2.24) is 10.7 Å². The third-order valence-electron chi connectivity index (χ3n) is 2.25. The van der Waals surface area contributed by atoms with E-state index in [-0.39, 0.29) is 18.5 Å². The highest BCUT2D eigenvalue weighted by molar-refractivity contribution is 5.75. The largest absolute Gasteiger partial charge is 0.369 e. The van der Waals surface area contributed by atoms with Crippen molar-refractivity contribution in [2.45, 2.75) is 13.0 Å². The number of hydrazine groups is 1. The van der Waals surface area contributed by atoms with Crippen molar-refractivity contribution in [3.05, 3.63) is 42.5 Å². The summed E-state index contributed by atoms with van der Waals surface area (Å²) >= 11 is 0. The van der Waals surface area contributed by atoms with E-state index in [0.717, 1.165) is 5.69 Å². The van der Waals surface area contributed by atoms with E-state index in [4.69, 9.17) is 5.73 Å². The van der Waals surface area contributed by atoms with Crippen LogP contribution in [0.15, 0.2) is 42.5 Å². The van der Waals surface area contributed by atoms with E-state index < -0.39 is 0 Å². The summed E-state index contributed by atoms with van der Waals surface area (Å²) in [7, 11) is 0. The standard InChI is InChI=1S/C13H20N4O/c1-11(15-10-13(14)18)6-5-9-16-17-12-7-3-2-4-8-12/h2-8,11,15-17H,9-10H2,1H3,(H2,14,18)/b6-5-. The monoisotopic (exact) mass is 248 g/mol. The van der Waals surface area contributed by atoms with E-state index >= 15 is 0 Å². The van der Waals surface area contributed by atoms with Crippen LogP contribution in [0.1, 0.15) is 6.92 Å². The van der Waals surface area contributed by atoms with E-state index in [1.807, 2.05) is 49.4 Å². The number of rotatable bonds is 8. The molecule has 5 N–H and O–H groups in total. The molecule has 0 saturated carbocycles. The van der Waals surface area contributed by atoms with Crippen molar-refractivity contribution >= 4 is 11.6 Å². The molecule has 0 saturated heterocycles. The van der Waals surface area contributed by atoms with Gasteiger partial charge in [-0.1, -0.05) is 30.4 Å². The molecule has 0 heterocycles. The Labute approximate surface area is 107 Å². The highest BCUT2D eigenvalue weighted by atomic mass is 16.1. The molecule has 0 aromatic heterocycles. The number of para-hydroxylation sites is 1. The summed E-state index contributed by atoms with van der Waals surface area (Å²) in [6.45, 7) is 2.85. The lowest BCUT2D eigenvalue weighted by Gasteiger charge is -2.08. The Morgan fingerprint density at radius 2 is 2.11 bits per heavy atom. The van der Waals surface area contributed by atoms with Gasteiger partial charge in [-0.15, -0.1) is 0 Å². The molecule has 0 fully saturated rings. The van der Waals surface area contributed by atoms with Crippen molar-refractivity contribution in [2.24, 2.45) is 5.73 Å². The molecule has 5 nitrogen and oxygen atoms in total. The number of benzene rings is 1. The average Bonchev–Trinajstić information content (AvgIpc) is 2.37. The van der Waals surface area contributed by atoms with Gasteiger partial charge in [0.2, 0.25) is 5.91 Å². The molecule has 0 radical (unpaired) electrons. The van der Waals surface area contributed by atoms with Gasteiger partial charge >= 0.3 is 0 Å². The number of nitrogens with two attached hydrogens (primary N) is 1. The van der Waals surface area contributed by atoms with Crippen LogP contribution in [0.2, 0.25) is 0 Å². The summed E-state index contributed by atoms with van der Waals surface area (Å²) in [4.78, 5) is 10.6. The molecule has 98 valence electrons. The lowest BCUT2D eigenvalue weighted by molar-refractivity contribution is -0.117. The van der Waals surface area contributed by atoms with Crippen molar-refractivity contribution in [3.63, 3.8) is 0 Å². The molecule has 0 bridgehead atoms. The van der Waals surface area contributed by atoms with Gasteiger partial charge in [0.15, 0.2) is 0 Å². The van der Waals surface area contributed by atoms with Gasteiger partial charge in [-0.2, -0.15) is 0 Å². The van der Waals surface area contributed by atoms with Crippen molar-refractivity contribution < 1.29 is 4.79 Å². The molecule has 1 aromatic rings. The number of amides is 1. The lowest BCUT2D eigenvalue weighted by Crippen LogP contribution is -2.33. The second kappa shape index (κ2) is 8.27. The maximum absolute atomic E-state index is 10.6. The summed E-state index contributed by atoms with van der Waals surface area (Å²) in [5.74, 6) is -0.348. The zero-order valence-corrected chi connectivity index (χ0v) is 10.5. The van der Waals surface area contributed by atoms with Crippen LogP contribution in [-0.4, -0.2) is 25.0 Å². The van der Waals surface area contributed by atoms with Gasteiger partial charge < -0.3 is 16.5 Å². The van der Waals surface area contributed by atoms with Crippen LogP contribution in [0.3, 0.4) is 0 Å². The molecule has 0 spiro atoms. The molecule has 0 aliphatic heterocycles. The van der Waals surface area contributed by atoms with Crippen LogP contribution in [-0.2, 0) is 4.79 Å². The van der Waals surface area contributed by atoms with Gasteiger partial charge in [0.25, 0.3) is 0 Å². The Balaban J connectivity index is 2.11. The van der Waals surface area contributed by atoms with Crippen molar-refractivity contribution in [2.75, 3.05) is 18.5 Å². The maximum atomic E-state index is 10.6. The minimum atomic E-state index is -0.348. The number of primary amides is 1. The molecule has 1 rings (SSSR count). The maximum Gasteiger partial charge on any atom is 0.231 e. The van der Waals surface area contributed by atoms with Gasteiger partial charge in [-0.25, -0.2) is 5.43 Å². The van der Waals surface area contributed by atoms with E-state index in [1.165, 1.54) is 0 Å². The number of nitrogens with one attached hydrogen (secondary N) is 3. The van der Waals surface area contributed by atoms with Crippen LogP contribution in [0.5, 0.6) is 0 Å². The lowest BCUT2D eigenvalue weighted by atomic mass is 10.3. The molecule has 1 atom stereocenters. The number of hydrogen-bond donors (Lipinski definition) is 4. The second-order valence-corrected chi connectivity index (χ2v) is 3.94. The predicted molar refractivity (Wildman–Crippen MR) is 73.9 cm³/mol. The van der Waals surface area contributed by atoms with Gasteiger partial charge in [-0.05, 0) is 19.1 Å². The number of hydrogen-bond acceptors (Lipinski definition) is 4. The highest BCUT2D eigenvalue weighted by Gasteiger charge is 1.97. The Kier molecular flexibility index (Phi) is 6.53. The van der Waals surface area contributed by atoms with E-state index in [0.29, 0.717) is 6.54 Å². The predicted octanol–water partition coefficient (Wildman–Crippen LogP) is 0.623. The Morgan fingerprint density at radius 1 is 1.39 bits per heavy atom. The first-order valence-corrected chi connectivity index (χ1v) is 5.91. The van der Waals surface area contributed by atoms with Crippen LogP contribution >= 0.6 is 0 Å². The fraction of sp³-hybridized carbons (Fsp3) is 0.308. The average molecular weight is 248 g/mol. The molecular weight excluding hydrogens is 228 g/mol. The van der Waals surface area contributed by atoms with Crippen LogP contribution in [0, 0.1) is 0 Å². The Hall–Kier alpha value is -1.85. The van der Waals surface area contributed by atoms with Crippen LogP contribution < -0.4 is 21.9 Å². The molecule has 0 aliphatic carbocycles. The van der Waals surface area contributed by atoms with Gasteiger partial charge in [0.1, 0.15) is 0 Å². The molecule has 1 amide bonds. The van der Waals surface area contributed by atoms with E-state index in [1.54, 1.807) is 0 Å². The molecular formula is C13H20N4O. The smallest absolute Gasteiger partial charge is 0.231 e. The molecule has 1 aromatic carbocycles. The third kappa shape index (κ3) is 6.67. The van der Waals surface area contributed by atoms with Gasteiger partial charge in [0.05, 0.1) is 6.54 Å². The second-order valence-electron chi connectivity index (χ2n) is 3.94. The molecule has 5 heteroatoms. The zero-order chi connectivity index (χ0) is 13.2. The van der Waals surface area contributed by atoms with Crippen LogP contribution in [0.4, 0.5) is 5.69 Å². The van der Waals surface area contributed by atoms with Crippen molar-refractivity contribution in [1.29, 1.82) is 0 Å². The first kappa shape index (κ1) is 14.2. The summed E-state index contributed by atoms with van der Waals surface area (Å²) in [5, 5.41) is 2.98. The normalized spacial score (nSPS) is 12.5. The highest BCUT2D eigenvalue weighted by Crippen LogP contribution is 2.02. The first-order chi connectivity index (χ1) is 8.68. The summed E-state index contributed by atoms with van der Waals surface area (Å²) < 4.78 is 0. The molecule has 1 unspecified atom stereocenters. The summed E-state index contributed by atoms with van der Waals surface area (Å²) in [5.41, 5.74) is 12.2. The van der Waals surface area contributed by atoms with E-state index in [2.05, 4.69) is 16.2 Å². The Morgan fingerprint density at radius 3 is 2.78 bits per heavy atom. The van der Waals surface area contributed by atoms with Crippen LogP contribution in [0.25, 0.3) is 0 Å². The third-order valence-corrected chi connectivity index (χ3v) is 2.25. The number of anilines is 1. The van der Waals surface area contributed by atoms with Crippen molar-refractivity contribution in [3.8, 4) is 0 Å². The SMILES string of the molecule is CC(/C=C\CNNc1ccccc1)NCC(N)=O. The first-order valence-electron chi connectivity index (χ1n) is 5.91. The zero-order valence-electron chi connectivity index (χ0n) is 10.5. The minimum absolute atomic E-state index is 0.121. The molecule has 0 aliphatic rings. The summed E-state index contributed by atoms with van der Waals surface area (Å²) in [6, 6.07) is 9.99. The fourth-order valence-electron chi connectivity index (χ4n) is 1.34. The molecule has 18 heavy (non-hydrogen) atoms. The van der Waals surface area contributed by atoms with E-state index in [9.17, 15) is 4.79 Å².